The first-order valence-electron chi connectivity index (χ1n) is 7.88. The number of ether oxygens (including phenoxy) is 1. The number of amides is 1. The lowest BCUT2D eigenvalue weighted by Crippen LogP contribution is -2.15. The van der Waals surface area contributed by atoms with Gasteiger partial charge in [0.25, 0.3) is 5.91 Å². The second kappa shape index (κ2) is 9.09. The number of hydrogen-bond donors (Lipinski definition) is 2. The molecule has 3 rings (SSSR count). The quantitative estimate of drug-likeness (QED) is 0.253. The molecule has 0 aliphatic rings. The molecule has 0 radical (unpaired) electrons. The molecule has 0 aliphatic carbocycles. The Morgan fingerprint density at radius 2 is 1.79 bits per heavy atom. The molecule has 10 heteroatoms. The summed E-state index contributed by atoms with van der Waals surface area (Å²) in [5.74, 6) is -1.73. The number of nitrogens with one attached hydrogen (secondary N) is 1. The molecule has 2 aromatic carbocycles. The van der Waals surface area contributed by atoms with Crippen LogP contribution < -0.4 is 10.1 Å². The van der Waals surface area contributed by atoms with Gasteiger partial charge in [-0.1, -0.05) is 46.9 Å². The molecule has 0 unspecified atom stereocenters. The van der Waals surface area contributed by atoms with Gasteiger partial charge < -0.3 is 15.2 Å². The molecule has 0 atom stereocenters. The number of thiophene rings is 1. The van der Waals surface area contributed by atoms with Gasteiger partial charge in [0.2, 0.25) is 0 Å². The number of carbonyl (C=O) groups is 2. The van der Waals surface area contributed by atoms with Crippen LogP contribution in [-0.4, -0.2) is 24.1 Å². The van der Waals surface area contributed by atoms with Crippen molar-refractivity contribution in [2.75, 3.05) is 12.4 Å². The number of carboxylic acids is 1. The lowest BCUT2D eigenvalue weighted by molar-refractivity contribution is 0.0699. The number of carboxylic acid groups (broad SMARTS) is 1. The largest absolute Gasteiger partial charge is 0.494 e. The summed E-state index contributed by atoms with van der Waals surface area (Å²) in [5, 5.41) is 14.0. The molecule has 0 aliphatic heterocycles. The summed E-state index contributed by atoms with van der Waals surface area (Å²) in [6, 6.07) is 8.71. The Morgan fingerprint density at radius 3 is 2.38 bits per heavy atom. The van der Waals surface area contributed by atoms with Crippen molar-refractivity contribution < 1.29 is 19.4 Å². The highest BCUT2D eigenvalue weighted by Crippen LogP contribution is 2.41. The van der Waals surface area contributed by atoms with E-state index in [1.807, 2.05) is 24.3 Å². The van der Waals surface area contributed by atoms with Crippen LogP contribution in [0.2, 0.25) is 15.1 Å². The molecule has 0 fully saturated rings. The summed E-state index contributed by atoms with van der Waals surface area (Å²) in [7, 11) is 1.35. The summed E-state index contributed by atoms with van der Waals surface area (Å²) < 4.78 is 6.13. The standard InChI is InChI=1S/C19H11Cl3INO4S/c1-28-16-14(21)10(6-11(20)15(16)22)18(25)24-12-7-29-17(13(12)19(26)27)8-2-4-9(23)5-3-8/h2-7H,1H3,(H,24,25)(H,26,27). The van der Waals surface area contributed by atoms with Crippen LogP contribution >= 0.6 is 68.7 Å². The third kappa shape index (κ3) is 4.49. The number of halogens is 4. The molecular formula is C19H11Cl3INO4S. The third-order valence-electron chi connectivity index (χ3n) is 3.92. The molecule has 29 heavy (non-hydrogen) atoms. The normalized spacial score (nSPS) is 10.7. The summed E-state index contributed by atoms with van der Waals surface area (Å²) in [5.41, 5.74) is 0.897. The highest BCUT2D eigenvalue weighted by Gasteiger charge is 2.24. The van der Waals surface area contributed by atoms with E-state index < -0.39 is 11.9 Å². The zero-order valence-electron chi connectivity index (χ0n) is 14.6. The number of rotatable bonds is 5. The van der Waals surface area contributed by atoms with Gasteiger partial charge in [0.05, 0.1) is 33.3 Å². The number of anilines is 1. The van der Waals surface area contributed by atoms with Crippen molar-refractivity contribution in [1.29, 1.82) is 0 Å². The van der Waals surface area contributed by atoms with Crippen LogP contribution in [0.15, 0.2) is 35.7 Å². The zero-order chi connectivity index (χ0) is 21.3. The van der Waals surface area contributed by atoms with E-state index in [0.29, 0.717) is 4.88 Å². The molecule has 0 saturated heterocycles. The van der Waals surface area contributed by atoms with Crippen LogP contribution in [0.5, 0.6) is 5.75 Å². The van der Waals surface area contributed by atoms with E-state index in [1.54, 1.807) is 5.38 Å². The van der Waals surface area contributed by atoms with Gasteiger partial charge in [0, 0.05) is 8.95 Å². The average molecular weight is 583 g/mol. The van der Waals surface area contributed by atoms with Gasteiger partial charge in [0.1, 0.15) is 10.6 Å². The van der Waals surface area contributed by atoms with E-state index >= 15 is 0 Å². The maximum Gasteiger partial charge on any atom is 0.339 e. The van der Waals surface area contributed by atoms with Crippen molar-refractivity contribution >= 4 is 86.3 Å². The molecule has 0 saturated carbocycles. The molecule has 150 valence electrons. The topological polar surface area (TPSA) is 75.6 Å². The fraction of sp³-hybridized carbons (Fsp3) is 0.0526. The predicted octanol–water partition coefficient (Wildman–Crippen LogP) is 6.94. The highest BCUT2D eigenvalue weighted by atomic mass is 127. The summed E-state index contributed by atoms with van der Waals surface area (Å²) in [6.07, 6.45) is 0. The van der Waals surface area contributed by atoms with E-state index in [1.165, 1.54) is 24.5 Å². The molecule has 0 spiro atoms. The van der Waals surface area contributed by atoms with Crippen LogP contribution in [0.25, 0.3) is 10.4 Å². The molecule has 2 N–H and O–H groups in total. The van der Waals surface area contributed by atoms with Gasteiger partial charge in [-0.25, -0.2) is 4.79 Å². The van der Waals surface area contributed by atoms with Crippen molar-refractivity contribution in [3.05, 3.63) is 65.5 Å². The first-order chi connectivity index (χ1) is 13.7. The second-order valence-electron chi connectivity index (χ2n) is 5.69. The number of methoxy groups -OCH3 is 1. The van der Waals surface area contributed by atoms with E-state index in [4.69, 9.17) is 39.5 Å². The van der Waals surface area contributed by atoms with Crippen molar-refractivity contribution in [2.45, 2.75) is 0 Å². The summed E-state index contributed by atoms with van der Waals surface area (Å²) in [6.45, 7) is 0. The fourth-order valence-electron chi connectivity index (χ4n) is 2.59. The van der Waals surface area contributed by atoms with Crippen molar-refractivity contribution in [3.63, 3.8) is 0 Å². The number of benzene rings is 2. The average Bonchev–Trinajstić information content (AvgIpc) is 3.09. The Kier molecular flexibility index (Phi) is 6.95. The number of carbonyl (C=O) groups excluding carboxylic acids is 1. The fourth-order valence-corrected chi connectivity index (χ4v) is 4.73. The van der Waals surface area contributed by atoms with Crippen LogP contribution in [0.4, 0.5) is 5.69 Å². The molecule has 1 heterocycles. The lowest BCUT2D eigenvalue weighted by Gasteiger charge is -2.12. The molecule has 5 nitrogen and oxygen atoms in total. The maximum absolute atomic E-state index is 12.8. The predicted molar refractivity (Wildman–Crippen MR) is 125 cm³/mol. The Bertz CT molecular complexity index is 1120. The minimum absolute atomic E-state index is 0.00675. The molecular weight excluding hydrogens is 572 g/mol. The molecule has 1 amide bonds. The Labute approximate surface area is 198 Å². The minimum Gasteiger partial charge on any atom is -0.494 e. The van der Waals surface area contributed by atoms with Crippen LogP contribution in [0, 0.1) is 3.57 Å². The van der Waals surface area contributed by atoms with Crippen molar-refractivity contribution in [2.24, 2.45) is 0 Å². The molecule has 1 aromatic heterocycles. The smallest absolute Gasteiger partial charge is 0.339 e. The first kappa shape index (κ1) is 22.2. The SMILES string of the molecule is COc1c(Cl)c(Cl)cc(C(=O)Nc2csc(-c3ccc(I)cc3)c2C(=O)O)c1Cl. The monoisotopic (exact) mass is 581 g/mol. The Hall–Kier alpha value is -1.52. The van der Waals surface area contributed by atoms with E-state index in [2.05, 4.69) is 27.9 Å². The summed E-state index contributed by atoms with van der Waals surface area (Å²) >= 11 is 21.7. The molecule has 0 bridgehead atoms. The highest BCUT2D eigenvalue weighted by molar-refractivity contribution is 14.1. The van der Waals surface area contributed by atoms with Crippen molar-refractivity contribution in [3.8, 4) is 16.2 Å². The maximum atomic E-state index is 12.8. The van der Waals surface area contributed by atoms with Gasteiger partial charge in [-0.05, 0) is 46.4 Å². The summed E-state index contributed by atoms with van der Waals surface area (Å²) in [4.78, 5) is 25.2. The Morgan fingerprint density at radius 1 is 1.14 bits per heavy atom. The van der Waals surface area contributed by atoms with Crippen LogP contribution in [0.3, 0.4) is 0 Å². The van der Waals surface area contributed by atoms with Gasteiger partial charge in [0.15, 0.2) is 5.75 Å². The zero-order valence-corrected chi connectivity index (χ0v) is 19.8. The second-order valence-corrected chi connectivity index (χ2v) is 8.98. The van der Waals surface area contributed by atoms with E-state index in [0.717, 1.165) is 9.13 Å². The first-order valence-corrected chi connectivity index (χ1v) is 11.0. The van der Waals surface area contributed by atoms with Gasteiger partial charge >= 0.3 is 5.97 Å². The van der Waals surface area contributed by atoms with Crippen LogP contribution in [-0.2, 0) is 0 Å². The Balaban J connectivity index is 2.01. The molecule has 3 aromatic rings. The third-order valence-corrected chi connectivity index (χ3v) is 6.82. The van der Waals surface area contributed by atoms with Crippen molar-refractivity contribution in [1.82, 2.24) is 0 Å². The van der Waals surface area contributed by atoms with Crippen LogP contribution in [0.1, 0.15) is 20.7 Å². The minimum atomic E-state index is -1.16. The van der Waals surface area contributed by atoms with E-state index in [-0.39, 0.29) is 37.6 Å². The number of aromatic carboxylic acids is 1. The van der Waals surface area contributed by atoms with Gasteiger partial charge in [-0.3, -0.25) is 4.79 Å². The van der Waals surface area contributed by atoms with E-state index in [9.17, 15) is 14.7 Å². The van der Waals surface area contributed by atoms with Gasteiger partial charge in [-0.15, -0.1) is 11.3 Å². The number of hydrogen-bond acceptors (Lipinski definition) is 4. The van der Waals surface area contributed by atoms with Gasteiger partial charge in [-0.2, -0.15) is 0 Å². The lowest BCUT2D eigenvalue weighted by atomic mass is 10.1.